The molecule has 4 nitrogen and oxygen atoms in total. The summed E-state index contributed by atoms with van der Waals surface area (Å²) in [6.07, 6.45) is 2.78. The molecule has 1 heterocycles. The lowest BCUT2D eigenvalue weighted by Gasteiger charge is -2.31. The Bertz CT molecular complexity index is 925. The Labute approximate surface area is 164 Å². The SMILES string of the molecule is Cc1cc(Cl)cc2c1N(C(=O)c1cccc(NC(=O)C3CC3C)c1)CCC2. The number of rotatable bonds is 3. The number of aryl methyl sites for hydroxylation is 2. The Kier molecular flexibility index (Phi) is 4.68. The standard InChI is InChI=1S/C22H23ClN2O2/c1-13-10-19(13)21(26)24-18-7-3-5-16(12-18)22(27)25-8-4-6-15-11-17(23)9-14(2)20(15)25/h3,5,7,9,11-13,19H,4,6,8,10H2,1-2H3,(H,24,26). The van der Waals surface area contributed by atoms with Gasteiger partial charge in [-0.1, -0.05) is 24.6 Å². The van der Waals surface area contributed by atoms with E-state index in [9.17, 15) is 9.59 Å². The van der Waals surface area contributed by atoms with Crippen LogP contribution in [0.3, 0.4) is 0 Å². The van der Waals surface area contributed by atoms with Crippen LogP contribution in [0, 0.1) is 18.8 Å². The third kappa shape index (κ3) is 3.59. The molecule has 0 bridgehead atoms. The van der Waals surface area contributed by atoms with Crippen molar-refractivity contribution < 1.29 is 9.59 Å². The van der Waals surface area contributed by atoms with Crippen molar-refractivity contribution >= 4 is 34.8 Å². The van der Waals surface area contributed by atoms with Gasteiger partial charge in [-0.2, -0.15) is 0 Å². The number of carbonyl (C=O) groups excluding carboxylic acids is 2. The minimum absolute atomic E-state index is 0.0425. The topological polar surface area (TPSA) is 49.4 Å². The molecule has 0 spiro atoms. The zero-order chi connectivity index (χ0) is 19.1. The van der Waals surface area contributed by atoms with Crippen LogP contribution in [0.1, 0.15) is 41.3 Å². The number of halogens is 1. The molecule has 1 N–H and O–H groups in total. The first kappa shape index (κ1) is 18.1. The number of hydrogen-bond donors (Lipinski definition) is 1. The van der Waals surface area contributed by atoms with E-state index in [0.29, 0.717) is 28.7 Å². The van der Waals surface area contributed by atoms with Crippen molar-refractivity contribution in [1.82, 2.24) is 0 Å². The van der Waals surface area contributed by atoms with Crippen molar-refractivity contribution in [2.45, 2.75) is 33.1 Å². The number of nitrogens with zero attached hydrogens (tertiary/aromatic N) is 1. The van der Waals surface area contributed by atoms with Gasteiger partial charge in [-0.05, 0) is 73.6 Å². The predicted octanol–water partition coefficient (Wildman–Crippen LogP) is 4.84. The Hall–Kier alpha value is -2.33. The average molecular weight is 383 g/mol. The Morgan fingerprint density at radius 2 is 2.00 bits per heavy atom. The van der Waals surface area contributed by atoms with Crippen LogP contribution < -0.4 is 10.2 Å². The smallest absolute Gasteiger partial charge is 0.258 e. The van der Waals surface area contributed by atoms with E-state index >= 15 is 0 Å². The fraction of sp³-hybridized carbons (Fsp3) is 0.364. The monoisotopic (exact) mass is 382 g/mol. The maximum atomic E-state index is 13.2. The number of fused-ring (bicyclic) bond motifs is 1. The maximum Gasteiger partial charge on any atom is 0.258 e. The number of hydrogen-bond acceptors (Lipinski definition) is 2. The van der Waals surface area contributed by atoms with E-state index in [2.05, 4.69) is 12.2 Å². The fourth-order valence-electron chi connectivity index (χ4n) is 3.93. The first-order valence-electron chi connectivity index (χ1n) is 9.46. The lowest BCUT2D eigenvalue weighted by Crippen LogP contribution is -2.36. The molecule has 1 aliphatic carbocycles. The Balaban J connectivity index is 1.59. The van der Waals surface area contributed by atoms with Gasteiger partial charge in [0, 0.05) is 28.7 Å². The van der Waals surface area contributed by atoms with Gasteiger partial charge in [-0.15, -0.1) is 0 Å². The van der Waals surface area contributed by atoms with E-state index in [1.165, 1.54) is 0 Å². The van der Waals surface area contributed by atoms with Crippen LogP contribution in [0.2, 0.25) is 5.02 Å². The molecule has 1 aliphatic heterocycles. The quantitative estimate of drug-likeness (QED) is 0.826. The second-order valence-electron chi connectivity index (χ2n) is 7.68. The van der Waals surface area contributed by atoms with Crippen LogP contribution in [-0.4, -0.2) is 18.4 Å². The van der Waals surface area contributed by atoms with Crippen molar-refractivity contribution in [2.75, 3.05) is 16.8 Å². The van der Waals surface area contributed by atoms with Gasteiger partial charge >= 0.3 is 0 Å². The summed E-state index contributed by atoms with van der Waals surface area (Å²) in [6, 6.07) is 11.1. The molecular weight excluding hydrogens is 360 g/mol. The molecule has 2 atom stereocenters. The zero-order valence-corrected chi connectivity index (χ0v) is 16.3. The Morgan fingerprint density at radius 1 is 1.22 bits per heavy atom. The highest BCUT2D eigenvalue weighted by Crippen LogP contribution is 2.38. The van der Waals surface area contributed by atoms with E-state index in [1.54, 1.807) is 12.1 Å². The number of benzene rings is 2. The third-order valence-corrected chi connectivity index (χ3v) is 5.73. The second-order valence-corrected chi connectivity index (χ2v) is 8.12. The van der Waals surface area contributed by atoms with Gasteiger partial charge in [0.05, 0.1) is 5.69 Å². The first-order chi connectivity index (χ1) is 12.9. The van der Waals surface area contributed by atoms with Gasteiger partial charge in [0.15, 0.2) is 0 Å². The molecule has 140 valence electrons. The summed E-state index contributed by atoms with van der Waals surface area (Å²) in [7, 11) is 0. The van der Waals surface area contributed by atoms with E-state index in [-0.39, 0.29) is 17.7 Å². The molecule has 4 rings (SSSR count). The van der Waals surface area contributed by atoms with Gasteiger partial charge in [-0.3, -0.25) is 9.59 Å². The van der Waals surface area contributed by atoms with Crippen molar-refractivity contribution in [2.24, 2.45) is 11.8 Å². The highest BCUT2D eigenvalue weighted by molar-refractivity contribution is 6.31. The normalized spacial score (nSPS) is 20.8. The molecule has 0 radical (unpaired) electrons. The van der Waals surface area contributed by atoms with Crippen LogP contribution in [-0.2, 0) is 11.2 Å². The summed E-state index contributed by atoms with van der Waals surface area (Å²) in [5.74, 6) is 0.554. The largest absolute Gasteiger partial charge is 0.326 e. The average Bonchev–Trinajstić information content (AvgIpc) is 3.37. The van der Waals surface area contributed by atoms with E-state index in [1.807, 2.05) is 36.1 Å². The molecule has 5 heteroatoms. The molecule has 1 fully saturated rings. The maximum absolute atomic E-state index is 13.2. The van der Waals surface area contributed by atoms with Gasteiger partial charge in [-0.25, -0.2) is 0 Å². The summed E-state index contributed by atoms with van der Waals surface area (Å²) in [5.41, 5.74) is 4.36. The predicted molar refractivity (Wildman–Crippen MR) is 109 cm³/mol. The molecule has 0 aromatic heterocycles. The molecule has 0 saturated heterocycles. The van der Waals surface area contributed by atoms with E-state index in [0.717, 1.165) is 36.1 Å². The summed E-state index contributed by atoms with van der Waals surface area (Å²) in [6.45, 7) is 4.75. The molecule has 27 heavy (non-hydrogen) atoms. The lowest BCUT2D eigenvalue weighted by atomic mass is 9.97. The molecule has 1 saturated carbocycles. The van der Waals surface area contributed by atoms with Crippen LogP contribution >= 0.6 is 11.6 Å². The summed E-state index contributed by atoms with van der Waals surface area (Å²) in [4.78, 5) is 27.2. The number of anilines is 2. The molecule has 2 aromatic rings. The first-order valence-corrected chi connectivity index (χ1v) is 9.83. The summed E-state index contributed by atoms with van der Waals surface area (Å²) in [5, 5.41) is 3.65. The highest BCUT2D eigenvalue weighted by atomic mass is 35.5. The van der Waals surface area contributed by atoms with Gasteiger partial charge in [0.1, 0.15) is 0 Å². The fourth-order valence-corrected chi connectivity index (χ4v) is 4.23. The minimum Gasteiger partial charge on any atom is -0.326 e. The van der Waals surface area contributed by atoms with E-state index < -0.39 is 0 Å². The minimum atomic E-state index is -0.0442. The van der Waals surface area contributed by atoms with Crippen LogP contribution in [0.25, 0.3) is 0 Å². The van der Waals surface area contributed by atoms with Gasteiger partial charge < -0.3 is 10.2 Å². The van der Waals surface area contributed by atoms with Crippen LogP contribution in [0.4, 0.5) is 11.4 Å². The molecular formula is C22H23ClN2O2. The molecule has 2 unspecified atom stereocenters. The molecule has 2 amide bonds. The second kappa shape index (κ2) is 7.01. The van der Waals surface area contributed by atoms with Crippen molar-refractivity contribution in [3.8, 4) is 0 Å². The molecule has 2 aliphatic rings. The molecule has 2 aromatic carbocycles. The van der Waals surface area contributed by atoms with Crippen molar-refractivity contribution in [3.63, 3.8) is 0 Å². The summed E-state index contributed by atoms with van der Waals surface area (Å²) >= 11 is 6.19. The summed E-state index contributed by atoms with van der Waals surface area (Å²) < 4.78 is 0. The van der Waals surface area contributed by atoms with Gasteiger partial charge in [0.2, 0.25) is 5.91 Å². The van der Waals surface area contributed by atoms with Crippen molar-refractivity contribution in [1.29, 1.82) is 0 Å². The highest BCUT2D eigenvalue weighted by Gasteiger charge is 2.39. The Morgan fingerprint density at radius 3 is 2.74 bits per heavy atom. The van der Waals surface area contributed by atoms with Crippen LogP contribution in [0.5, 0.6) is 0 Å². The third-order valence-electron chi connectivity index (χ3n) is 5.51. The zero-order valence-electron chi connectivity index (χ0n) is 15.6. The number of nitrogens with one attached hydrogen (secondary N) is 1. The van der Waals surface area contributed by atoms with Crippen LogP contribution in [0.15, 0.2) is 36.4 Å². The van der Waals surface area contributed by atoms with E-state index in [4.69, 9.17) is 11.6 Å². The number of carbonyl (C=O) groups is 2. The number of amides is 2. The van der Waals surface area contributed by atoms with Gasteiger partial charge in [0.25, 0.3) is 5.91 Å². The van der Waals surface area contributed by atoms with Crippen molar-refractivity contribution in [3.05, 3.63) is 58.1 Å². The lowest BCUT2D eigenvalue weighted by molar-refractivity contribution is -0.117.